The number of quaternary nitrogens is 1. The van der Waals surface area contributed by atoms with Gasteiger partial charge in [0, 0.05) is 13.0 Å². The van der Waals surface area contributed by atoms with Crippen LogP contribution in [0.4, 0.5) is 0 Å². The molecule has 2 atom stereocenters. The first kappa shape index (κ1) is 46.2. The van der Waals surface area contributed by atoms with Gasteiger partial charge in [0.15, 0.2) is 0 Å². The molecule has 0 saturated heterocycles. The molecule has 47 heavy (non-hydrogen) atoms. The molecule has 0 radical (unpaired) electrons. The van der Waals surface area contributed by atoms with E-state index in [0.29, 0.717) is 24.1 Å². The maximum atomic E-state index is 12.6. The predicted molar refractivity (Wildman–Crippen MR) is 197 cm³/mol. The minimum atomic E-state index is -4.26. The van der Waals surface area contributed by atoms with Crippen LogP contribution in [0.2, 0.25) is 0 Å². The number of hydrogen-bond acceptors (Lipinski definition) is 6. The van der Waals surface area contributed by atoms with Gasteiger partial charge in [-0.3, -0.25) is 13.8 Å². The lowest BCUT2D eigenvalue weighted by atomic mass is 10.1. The van der Waals surface area contributed by atoms with Crippen molar-refractivity contribution in [1.82, 2.24) is 0 Å². The topological polar surface area (TPSA) is 91.3 Å². The SMILES string of the molecule is CCCCCCCCC/C=C\CCCCCCCC(=O)OC(COCCCCCCCCCCC)COP(=O)(O)OCC[N+](C)(C)C. The zero-order chi connectivity index (χ0) is 34.9. The van der Waals surface area contributed by atoms with Gasteiger partial charge in [0.2, 0.25) is 0 Å². The van der Waals surface area contributed by atoms with Crippen LogP contribution >= 0.6 is 7.82 Å². The van der Waals surface area contributed by atoms with E-state index in [1.807, 2.05) is 21.1 Å². The third kappa shape index (κ3) is 36.3. The summed E-state index contributed by atoms with van der Waals surface area (Å²) in [6, 6.07) is 0. The number of esters is 1. The minimum absolute atomic E-state index is 0.0897. The minimum Gasteiger partial charge on any atom is -0.457 e. The summed E-state index contributed by atoms with van der Waals surface area (Å²) in [4.78, 5) is 22.7. The van der Waals surface area contributed by atoms with Gasteiger partial charge in [0.25, 0.3) is 0 Å². The fourth-order valence-corrected chi connectivity index (χ4v) is 5.99. The lowest BCUT2D eigenvalue weighted by Crippen LogP contribution is -2.37. The summed E-state index contributed by atoms with van der Waals surface area (Å²) in [6.07, 6.45) is 32.3. The summed E-state index contributed by atoms with van der Waals surface area (Å²) >= 11 is 0. The van der Waals surface area contributed by atoms with E-state index in [2.05, 4.69) is 26.0 Å². The number of phosphoric acid groups is 1. The highest BCUT2D eigenvalue weighted by Crippen LogP contribution is 2.43. The molecule has 280 valence electrons. The van der Waals surface area contributed by atoms with Crippen molar-refractivity contribution in [2.75, 3.05) is 54.1 Å². The second-order valence-electron chi connectivity index (χ2n) is 14.3. The van der Waals surface area contributed by atoms with Gasteiger partial charge in [0.1, 0.15) is 19.3 Å². The number of likely N-dealkylation sites (N-methyl/N-ethyl adjacent to an activating group) is 1. The van der Waals surface area contributed by atoms with Crippen molar-refractivity contribution in [3.8, 4) is 0 Å². The third-order valence-electron chi connectivity index (χ3n) is 8.33. The summed E-state index contributed by atoms with van der Waals surface area (Å²) in [5, 5.41) is 0. The first-order valence-corrected chi connectivity index (χ1v) is 20.9. The molecule has 2 unspecified atom stereocenters. The molecule has 0 aromatic carbocycles. The first-order chi connectivity index (χ1) is 22.6. The summed E-state index contributed by atoms with van der Waals surface area (Å²) in [5.74, 6) is -0.322. The zero-order valence-electron chi connectivity index (χ0n) is 31.5. The molecule has 0 aliphatic heterocycles. The Morgan fingerprint density at radius 1 is 0.638 bits per heavy atom. The van der Waals surface area contributed by atoms with Crippen LogP contribution in [0, 0.1) is 0 Å². The number of nitrogens with zero attached hydrogens (tertiary/aromatic N) is 1. The smallest absolute Gasteiger partial charge is 0.457 e. The molecule has 0 heterocycles. The van der Waals surface area contributed by atoms with E-state index in [-0.39, 0.29) is 25.8 Å². The average Bonchev–Trinajstić information content (AvgIpc) is 3.01. The van der Waals surface area contributed by atoms with Gasteiger partial charge in [-0.15, -0.1) is 0 Å². The lowest BCUT2D eigenvalue weighted by Gasteiger charge is -2.24. The number of hydrogen-bond donors (Lipinski definition) is 1. The largest absolute Gasteiger partial charge is 0.472 e. The van der Waals surface area contributed by atoms with Crippen molar-refractivity contribution in [2.24, 2.45) is 0 Å². The van der Waals surface area contributed by atoms with Gasteiger partial charge in [-0.05, 0) is 38.5 Å². The fourth-order valence-electron chi connectivity index (χ4n) is 5.25. The van der Waals surface area contributed by atoms with Crippen LogP contribution in [0.5, 0.6) is 0 Å². The number of ether oxygens (including phenoxy) is 2. The molecular formula is C38H77NO7P+. The predicted octanol–water partition coefficient (Wildman–Crippen LogP) is 10.7. The number of phosphoric ester groups is 1. The summed E-state index contributed by atoms with van der Waals surface area (Å²) in [7, 11) is 1.67. The molecule has 1 N–H and O–H groups in total. The van der Waals surface area contributed by atoms with Crippen molar-refractivity contribution in [3.63, 3.8) is 0 Å². The molecule has 0 amide bonds. The van der Waals surface area contributed by atoms with Gasteiger partial charge in [0.05, 0.1) is 34.4 Å². The van der Waals surface area contributed by atoms with E-state index >= 15 is 0 Å². The normalized spacial score (nSPS) is 14.1. The van der Waals surface area contributed by atoms with E-state index in [1.165, 1.54) is 109 Å². The Bertz CT molecular complexity index is 772. The van der Waals surface area contributed by atoms with Gasteiger partial charge in [-0.2, -0.15) is 0 Å². The standard InChI is InChI=1S/C38H76NO7P/c1-6-8-10-12-14-16-17-18-19-20-21-22-23-25-27-29-31-38(40)46-37(36-45-47(41,42)44-34-32-39(3,4)5)35-43-33-30-28-26-24-15-13-11-9-7-2/h19-20,37H,6-18,21-36H2,1-5H3/p+1/b20-19-. The molecule has 0 saturated carbocycles. The van der Waals surface area contributed by atoms with Crippen molar-refractivity contribution in [2.45, 2.75) is 174 Å². The van der Waals surface area contributed by atoms with Crippen molar-refractivity contribution < 1.29 is 37.3 Å². The van der Waals surface area contributed by atoms with Crippen molar-refractivity contribution >= 4 is 13.8 Å². The second kappa shape index (κ2) is 32.4. The number of rotatable bonds is 36. The average molecular weight is 691 g/mol. The van der Waals surface area contributed by atoms with Crippen LogP contribution in [-0.2, 0) is 27.9 Å². The summed E-state index contributed by atoms with van der Waals surface area (Å²) < 4.78 is 34.8. The van der Waals surface area contributed by atoms with Crippen LogP contribution in [-0.4, -0.2) is 75.6 Å². The molecule has 0 aliphatic rings. The number of unbranched alkanes of at least 4 members (excludes halogenated alkanes) is 20. The van der Waals surface area contributed by atoms with Crippen molar-refractivity contribution in [3.05, 3.63) is 12.2 Å². The number of carbonyl (C=O) groups excluding carboxylic acids is 1. The van der Waals surface area contributed by atoms with Gasteiger partial charge in [-0.25, -0.2) is 4.57 Å². The lowest BCUT2D eigenvalue weighted by molar-refractivity contribution is -0.870. The molecule has 9 heteroatoms. The van der Waals surface area contributed by atoms with Gasteiger partial charge < -0.3 is 18.9 Å². The third-order valence-corrected chi connectivity index (χ3v) is 9.31. The highest BCUT2D eigenvalue weighted by molar-refractivity contribution is 7.47. The number of allylic oxidation sites excluding steroid dienone is 2. The molecule has 0 aromatic rings. The maximum Gasteiger partial charge on any atom is 0.472 e. The monoisotopic (exact) mass is 691 g/mol. The van der Waals surface area contributed by atoms with Crippen LogP contribution in [0.3, 0.4) is 0 Å². The highest BCUT2D eigenvalue weighted by Gasteiger charge is 2.26. The molecule has 0 aliphatic carbocycles. The van der Waals surface area contributed by atoms with E-state index < -0.39 is 13.9 Å². The Kier molecular flexibility index (Phi) is 31.9. The fraction of sp³-hybridized carbons (Fsp3) is 0.921. The van der Waals surface area contributed by atoms with Crippen LogP contribution in [0.15, 0.2) is 12.2 Å². The molecule has 0 fully saturated rings. The molecule has 0 rings (SSSR count). The Hall–Kier alpha value is -0.760. The van der Waals surface area contributed by atoms with E-state index in [9.17, 15) is 14.3 Å². The van der Waals surface area contributed by atoms with Crippen molar-refractivity contribution in [1.29, 1.82) is 0 Å². The molecule has 0 bridgehead atoms. The highest BCUT2D eigenvalue weighted by atomic mass is 31.2. The molecule has 8 nitrogen and oxygen atoms in total. The summed E-state index contributed by atoms with van der Waals surface area (Å²) in [6.45, 7) is 5.61. The number of carbonyl (C=O) groups is 1. The first-order valence-electron chi connectivity index (χ1n) is 19.4. The molecule has 0 aromatic heterocycles. The molecule has 0 spiro atoms. The maximum absolute atomic E-state index is 12.6. The van der Waals surface area contributed by atoms with E-state index in [0.717, 1.165) is 38.5 Å². The van der Waals surface area contributed by atoms with Crippen LogP contribution in [0.25, 0.3) is 0 Å². The Balaban J connectivity index is 4.26. The Labute approximate surface area is 290 Å². The molecular weight excluding hydrogens is 613 g/mol. The van der Waals surface area contributed by atoms with E-state index in [1.54, 1.807) is 0 Å². The second-order valence-corrected chi connectivity index (χ2v) is 15.8. The summed E-state index contributed by atoms with van der Waals surface area (Å²) in [5.41, 5.74) is 0. The quantitative estimate of drug-likeness (QED) is 0.0230. The Morgan fingerprint density at radius 3 is 1.62 bits per heavy atom. The van der Waals surface area contributed by atoms with Gasteiger partial charge >= 0.3 is 13.8 Å². The zero-order valence-corrected chi connectivity index (χ0v) is 32.4. The Morgan fingerprint density at radius 2 is 1.11 bits per heavy atom. The van der Waals surface area contributed by atoms with Crippen LogP contribution < -0.4 is 0 Å². The van der Waals surface area contributed by atoms with Crippen LogP contribution in [0.1, 0.15) is 168 Å². The van der Waals surface area contributed by atoms with Gasteiger partial charge in [-0.1, -0.05) is 135 Å². The van der Waals surface area contributed by atoms with E-state index in [4.69, 9.17) is 18.5 Å².